The molecule has 1 N–H and O–H groups in total. The Balaban J connectivity index is 1.57. The molecule has 1 aliphatic heterocycles. The monoisotopic (exact) mass is 422 g/mol. The smallest absolute Gasteiger partial charge is 0.325 e. The quantitative estimate of drug-likeness (QED) is 0.609. The van der Waals surface area contributed by atoms with Crippen LogP contribution < -0.4 is 14.8 Å². The lowest BCUT2D eigenvalue weighted by molar-refractivity contribution is -0.131. The Morgan fingerprint density at radius 3 is 2.55 bits per heavy atom. The lowest BCUT2D eigenvalue weighted by Crippen LogP contribution is -2.41. The van der Waals surface area contributed by atoms with Gasteiger partial charge in [-0.1, -0.05) is 29.4 Å². The lowest BCUT2D eigenvalue weighted by atomic mass is 9.88. The number of carbonyl (C=O) groups excluding carboxylic acids is 2. The average molecular weight is 422 g/mol. The summed E-state index contributed by atoms with van der Waals surface area (Å²) in [6.45, 7) is 3.46. The third-order valence-electron chi connectivity index (χ3n) is 5.36. The topological polar surface area (TPSA) is 107 Å². The second-order valence-corrected chi connectivity index (χ2v) is 7.34. The van der Waals surface area contributed by atoms with Gasteiger partial charge in [0.05, 0.1) is 14.2 Å². The minimum Gasteiger partial charge on any atom is -0.493 e. The molecule has 0 saturated carbocycles. The van der Waals surface area contributed by atoms with Crippen LogP contribution in [-0.4, -0.2) is 41.2 Å². The summed E-state index contributed by atoms with van der Waals surface area (Å²) < 4.78 is 15.8. The highest BCUT2D eigenvalue weighted by Crippen LogP contribution is 2.33. The molecule has 0 spiro atoms. The van der Waals surface area contributed by atoms with E-state index in [9.17, 15) is 9.59 Å². The van der Waals surface area contributed by atoms with Crippen molar-refractivity contribution in [3.63, 3.8) is 0 Å². The van der Waals surface area contributed by atoms with Gasteiger partial charge in [-0.25, -0.2) is 4.79 Å². The van der Waals surface area contributed by atoms with Gasteiger partial charge in [0.15, 0.2) is 11.5 Å². The van der Waals surface area contributed by atoms with Crippen LogP contribution in [0.2, 0.25) is 0 Å². The van der Waals surface area contributed by atoms with Crippen molar-refractivity contribution < 1.29 is 23.6 Å². The molecule has 2 aromatic carbocycles. The van der Waals surface area contributed by atoms with E-state index in [0.29, 0.717) is 22.9 Å². The molecular formula is C22H22N4O5. The number of rotatable bonds is 6. The van der Waals surface area contributed by atoms with Crippen LogP contribution in [-0.2, 0) is 16.9 Å². The SMILES string of the molecule is COc1ccc(-c2noc(CN3C(=O)NC(C)(c4ccccc4C)C3=O)n2)cc1OC. The maximum absolute atomic E-state index is 13.1. The Hall–Kier alpha value is -3.88. The van der Waals surface area contributed by atoms with E-state index in [1.54, 1.807) is 32.2 Å². The van der Waals surface area contributed by atoms with E-state index >= 15 is 0 Å². The number of urea groups is 1. The van der Waals surface area contributed by atoms with Crippen molar-refractivity contribution in [2.24, 2.45) is 0 Å². The van der Waals surface area contributed by atoms with Gasteiger partial charge in [0.2, 0.25) is 11.7 Å². The molecule has 1 atom stereocenters. The first kappa shape index (κ1) is 20.4. The van der Waals surface area contributed by atoms with Gasteiger partial charge in [-0.15, -0.1) is 0 Å². The van der Waals surface area contributed by atoms with Gasteiger partial charge in [-0.2, -0.15) is 4.98 Å². The van der Waals surface area contributed by atoms with Gasteiger partial charge in [0, 0.05) is 5.56 Å². The zero-order valence-corrected chi connectivity index (χ0v) is 17.6. The molecule has 1 unspecified atom stereocenters. The number of carbonyl (C=O) groups is 2. The maximum Gasteiger partial charge on any atom is 0.325 e. The summed E-state index contributed by atoms with van der Waals surface area (Å²) in [6, 6.07) is 12.2. The van der Waals surface area contributed by atoms with Crippen LogP contribution in [0.25, 0.3) is 11.4 Å². The normalized spacial score (nSPS) is 18.3. The fourth-order valence-corrected chi connectivity index (χ4v) is 3.70. The number of nitrogens with one attached hydrogen (secondary N) is 1. The number of benzene rings is 2. The van der Waals surface area contributed by atoms with Crippen LogP contribution in [0.1, 0.15) is 23.9 Å². The van der Waals surface area contributed by atoms with E-state index in [0.717, 1.165) is 16.0 Å². The fraction of sp³-hybridized carbons (Fsp3) is 0.273. The molecule has 9 heteroatoms. The molecule has 1 saturated heterocycles. The second kappa shape index (κ2) is 7.75. The van der Waals surface area contributed by atoms with Crippen molar-refractivity contribution >= 4 is 11.9 Å². The summed E-state index contributed by atoms with van der Waals surface area (Å²) in [5, 5.41) is 6.76. The Kier molecular flexibility index (Phi) is 5.10. The number of imide groups is 1. The molecule has 0 aliphatic carbocycles. The van der Waals surface area contributed by atoms with E-state index in [1.165, 1.54) is 7.11 Å². The van der Waals surface area contributed by atoms with Gasteiger partial charge in [0.25, 0.3) is 5.91 Å². The Bertz CT molecular complexity index is 1160. The Labute approximate surface area is 179 Å². The minimum atomic E-state index is -1.16. The zero-order valence-electron chi connectivity index (χ0n) is 17.6. The second-order valence-electron chi connectivity index (χ2n) is 7.34. The van der Waals surface area contributed by atoms with Gasteiger partial charge < -0.3 is 19.3 Å². The van der Waals surface area contributed by atoms with Crippen LogP contribution >= 0.6 is 0 Å². The Morgan fingerprint density at radius 2 is 1.84 bits per heavy atom. The lowest BCUT2D eigenvalue weighted by Gasteiger charge is -2.23. The number of aryl methyl sites for hydroxylation is 1. The Morgan fingerprint density at radius 1 is 1.10 bits per heavy atom. The molecule has 3 amide bonds. The molecule has 4 rings (SSSR count). The number of amides is 3. The van der Waals surface area contributed by atoms with Gasteiger partial charge in [-0.05, 0) is 43.2 Å². The largest absolute Gasteiger partial charge is 0.493 e. The summed E-state index contributed by atoms with van der Waals surface area (Å²) in [4.78, 5) is 31.2. The van der Waals surface area contributed by atoms with Gasteiger partial charge in [0.1, 0.15) is 12.1 Å². The van der Waals surface area contributed by atoms with Gasteiger partial charge in [-0.3, -0.25) is 9.69 Å². The zero-order chi connectivity index (χ0) is 22.2. The van der Waals surface area contributed by atoms with E-state index in [1.807, 2.05) is 31.2 Å². The number of ether oxygens (including phenoxy) is 2. The molecule has 1 aromatic heterocycles. The first-order valence-electron chi connectivity index (χ1n) is 9.62. The van der Waals surface area contributed by atoms with Gasteiger partial charge >= 0.3 is 6.03 Å². The predicted octanol–water partition coefficient (Wildman–Crippen LogP) is 3.03. The van der Waals surface area contributed by atoms with E-state index in [2.05, 4.69) is 15.5 Å². The summed E-state index contributed by atoms with van der Waals surface area (Å²) >= 11 is 0. The highest BCUT2D eigenvalue weighted by atomic mass is 16.5. The van der Waals surface area contributed by atoms with Crippen LogP contribution in [0.15, 0.2) is 47.0 Å². The minimum absolute atomic E-state index is 0.133. The molecule has 160 valence electrons. The van der Waals surface area contributed by atoms with E-state index in [-0.39, 0.29) is 18.3 Å². The third kappa shape index (κ3) is 3.48. The number of aromatic nitrogens is 2. The van der Waals surface area contributed by atoms with Crippen LogP contribution in [0.4, 0.5) is 4.79 Å². The van der Waals surface area contributed by atoms with E-state index in [4.69, 9.17) is 14.0 Å². The third-order valence-corrected chi connectivity index (χ3v) is 5.36. The van der Waals surface area contributed by atoms with Crippen molar-refractivity contribution in [3.05, 3.63) is 59.5 Å². The molecule has 1 fully saturated rings. The summed E-state index contributed by atoms with van der Waals surface area (Å²) in [5.74, 6) is 1.17. The number of hydrogen-bond acceptors (Lipinski definition) is 7. The summed E-state index contributed by atoms with van der Waals surface area (Å²) in [5.41, 5.74) is 1.14. The highest BCUT2D eigenvalue weighted by Gasteiger charge is 2.49. The highest BCUT2D eigenvalue weighted by molar-refractivity contribution is 6.07. The van der Waals surface area contributed by atoms with Crippen LogP contribution in [0.3, 0.4) is 0 Å². The molecule has 0 bridgehead atoms. The molecule has 9 nitrogen and oxygen atoms in total. The van der Waals surface area contributed by atoms with Crippen molar-refractivity contribution in [2.75, 3.05) is 14.2 Å². The molecule has 31 heavy (non-hydrogen) atoms. The first-order chi connectivity index (χ1) is 14.9. The van der Waals surface area contributed by atoms with Crippen molar-refractivity contribution in [2.45, 2.75) is 25.9 Å². The molecule has 0 radical (unpaired) electrons. The van der Waals surface area contributed by atoms with Crippen LogP contribution in [0.5, 0.6) is 11.5 Å². The number of hydrogen-bond donors (Lipinski definition) is 1. The molecular weight excluding hydrogens is 400 g/mol. The van der Waals surface area contributed by atoms with E-state index < -0.39 is 11.6 Å². The fourth-order valence-electron chi connectivity index (χ4n) is 3.70. The average Bonchev–Trinajstić information content (AvgIpc) is 3.32. The standard InChI is InChI=1S/C22H22N4O5/c1-13-7-5-6-8-15(13)22(2)20(27)26(21(28)24-22)12-18-23-19(25-31-18)14-9-10-16(29-3)17(11-14)30-4/h5-11H,12H2,1-4H3,(H,24,28). The molecule has 3 aromatic rings. The van der Waals surface area contributed by atoms with Crippen molar-refractivity contribution in [3.8, 4) is 22.9 Å². The number of methoxy groups -OCH3 is 2. The van der Waals surface area contributed by atoms with Crippen molar-refractivity contribution in [1.82, 2.24) is 20.4 Å². The molecule has 1 aliphatic rings. The number of nitrogens with zero attached hydrogens (tertiary/aromatic N) is 3. The predicted molar refractivity (Wildman–Crippen MR) is 110 cm³/mol. The van der Waals surface area contributed by atoms with Crippen LogP contribution in [0, 0.1) is 6.92 Å². The summed E-state index contributed by atoms with van der Waals surface area (Å²) in [7, 11) is 3.08. The van der Waals surface area contributed by atoms with Crippen molar-refractivity contribution in [1.29, 1.82) is 0 Å². The molecule has 2 heterocycles. The maximum atomic E-state index is 13.1. The summed E-state index contributed by atoms with van der Waals surface area (Å²) in [6.07, 6.45) is 0. The first-order valence-corrected chi connectivity index (χ1v) is 9.62.